The second-order valence-corrected chi connectivity index (χ2v) is 6.35. The Morgan fingerprint density at radius 3 is 2.55 bits per heavy atom. The minimum atomic E-state index is -0.202. The summed E-state index contributed by atoms with van der Waals surface area (Å²) >= 11 is 1.71. The fraction of sp³-hybridized carbons (Fsp3) is 0.158. The number of hydrogen-bond acceptors (Lipinski definition) is 2. The number of aryl methyl sites for hydroxylation is 1. The molecule has 0 spiro atoms. The minimum absolute atomic E-state index is 0.0844. The molecule has 0 bridgehead atoms. The van der Waals surface area contributed by atoms with E-state index in [4.69, 9.17) is 0 Å². The highest BCUT2D eigenvalue weighted by molar-refractivity contribution is 7.10. The summed E-state index contributed by atoms with van der Waals surface area (Å²) in [4.78, 5) is 1.24. The predicted molar refractivity (Wildman–Crippen MR) is 90.6 cm³/mol. The van der Waals surface area contributed by atoms with E-state index in [1.165, 1.54) is 28.1 Å². The lowest BCUT2D eigenvalue weighted by Crippen LogP contribution is -2.21. The molecule has 0 saturated carbocycles. The first-order valence-corrected chi connectivity index (χ1v) is 8.18. The first-order valence-electron chi connectivity index (χ1n) is 7.30. The number of nitrogens with one attached hydrogen (secondary N) is 1. The van der Waals surface area contributed by atoms with Crippen LogP contribution in [-0.4, -0.2) is 0 Å². The van der Waals surface area contributed by atoms with Gasteiger partial charge in [-0.05, 0) is 41.6 Å². The number of benzene rings is 2. The van der Waals surface area contributed by atoms with Crippen molar-refractivity contribution in [2.75, 3.05) is 0 Å². The molecule has 1 nitrogen and oxygen atoms in total. The summed E-state index contributed by atoms with van der Waals surface area (Å²) in [5.41, 5.74) is 3.59. The molecule has 0 aliphatic heterocycles. The molecule has 3 aromatic rings. The molecule has 2 aromatic carbocycles. The first-order chi connectivity index (χ1) is 10.7. The number of halogens is 1. The molecule has 0 fully saturated rings. The number of rotatable bonds is 5. The molecular formula is C19H18FNS. The first kappa shape index (κ1) is 14.9. The van der Waals surface area contributed by atoms with Gasteiger partial charge < -0.3 is 5.32 Å². The summed E-state index contributed by atoms with van der Waals surface area (Å²) in [6, 6.07) is 19.5. The van der Waals surface area contributed by atoms with Crippen LogP contribution in [0.1, 0.15) is 27.6 Å². The Bertz CT molecular complexity index is 719. The molecule has 3 heteroatoms. The Morgan fingerprint density at radius 1 is 1.05 bits per heavy atom. The van der Waals surface area contributed by atoms with E-state index in [0.29, 0.717) is 0 Å². The van der Waals surface area contributed by atoms with E-state index in [1.54, 1.807) is 11.3 Å². The van der Waals surface area contributed by atoms with Crippen molar-refractivity contribution in [1.82, 2.24) is 5.32 Å². The second-order valence-electron chi connectivity index (χ2n) is 5.37. The van der Waals surface area contributed by atoms with E-state index in [0.717, 1.165) is 12.1 Å². The monoisotopic (exact) mass is 311 g/mol. The maximum atomic E-state index is 13.2. The van der Waals surface area contributed by atoms with Crippen LogP contribution in [0.4, 0.5) is 4.39 Å². The van der Waals surface area contributed by atoms with Crippen LogP contribution in [0.3, 0.4) is 0 Å². The highest BCUT2D eigenvalue weighted by atomic mass is 32.1. The van der Waals surface area contributed by atoms with Gasteiger partial charge in [-0.3, -0.25) is 0 Å². The maximum absolute atomic E-state index is 13.2. The largest absolute Gasteiger partial charge is 0.301 e. The summed E-state index contributed by atoms with van der Waals surface area (Å²) in [7, 11) is 0. The minimum Gasteiger partial charge on any atom is -0.301 e. The van der Waals surface area contributed by atoms with Gasteiger partial charge in [0.1, 0.15) is 5.82 Å². The summed E-state index contributed by atoms with van der Waals surface area (Å²) in [5.74, 6) is -0.202. The van der Waals surface area contributed by atoms with E-state index < -0.39 is 0 Å². The molecule has 112 valence electrons. The van der Waals surface area contributed by atoms with Crippen LogP contribution in [0, 0.1) is 12.7 Å². The van der Waals surface area contributed by atoms with Crippen molar-refractivity contribution in [2.24, 2.45) is 0 Å². The molecule has 0 radical (unpaired) electrons. The standard InChI is InChI=1S/C19H18FNS/c1-14-4-2-5-15(12-14)13-21-19(18-6-3-11-22-18)16-7-9-17(20)10-8-16/h2-12,19,21H,13H2,1H3. The third kappa shape index (κ3) is 3.62. The van der Waals surface area contributed by atoms with Crippen LogP contribution in [-0.2, 0) is 6.54 Å². The van der Waals surface area contributed by atoms with Gasteiger partial charge in [0.15, 0.2) is 0 Å². The molecule has 0 amide bonds. The molecule has 0 aliphatic rings. The fourth-order valence-corrected chi connectivity index (χ4v) is 3.36. The van der Waals surface area contributed by atoms with Crippen LogP contribution in [0.25, 0.3) is 0 Å². The molecule has 1 aromatic heterocycles. The third-order valence-corrected chi connectivity index (χ3v) is 4.56. The predicted octanol–water partition coefficient (Wildman–Crippen LogP) is 5.07. The quantitative estimate of drug-likeness (QED) is 0.693. The highest BCUT2D eigenvalue weighted by Crippen LogP contribution is 2.26. The van der Waals surface area contributed by atoms with Gasteiger partial charge in [0.25, 0.3) is 0 Å². The Kier molecular flexibility index (Phi) is 4.66. The van der Waals surface area contributed by atoms with Crippen LogP contribution < -0.4 is 5.32 Å². The summed E-state index contributed by atoms with van der Waals surface area (Å²) < 4.78 is 13.2. The normalized spacial score (nSPS) is 12.3. The molecular weight excluding hydrogens is 293 g/mol. The molecule has 1 N–H and O–H groups in total. The lowest BCUT2D eigenvalue weighted by molar-refractivity contribution is 0.604. The van der Waals surface area contributed by atoms with Gasteiger partial charge in [-0.25, -0.2) is 4.39 Å². The van der Waals surface area contributed by atoms with Crippen molar-refractivity contribution in [1.29, 1.82) is 0 Å². The zero-order valence-electron chi connectivity index (χ0n) is 12.4. The zero-order chi connectivity index (χ0) is 15.4. The number of hydrogen-bond donors (Lipinski definition) is 1. The van der Waals surface area contributed by atoms with Gasteiger partial charge in [-0.1, -0.05) is 48.0 Å². The number of thiophene rings is 1. The van der Waals surface area contributed by atoms with E-state index in [2.05, 4.69) is 48.0 Å². The fourth-order valence-electron chi connectivity index (χ4n) is 2.54. The van der Waals surface area contributed by atoms with Gasteiger partial charge in [-0.15, -0.1) is 11.3 Å². The smallest absolute Gasteiger partial charge is 0.123 e. The van der Waals surface area contributed by atoms with Crippen molar-refractivity contribution >= 4 is 11.3 Å². The molecule has 1 heterocycles. The third-order valence-electron chi connectivity index (χ3n) is 3.62. The molecule has 0 saturated heterocycles. The van der Waals surface area contributed by atoms with Crippen LogP contribution in [0.2, 0.25) is 0 Å². The van der Waals surface area contributed by atoms with Crippen LogP contribution in [0.15, 0.2) is 66.0 Å². The Balaban J connectivity index is 1.82. The summed E-state index contributed by atoms with van der Waals surface area (Å²) in [5, 5.41) is 5.66. The van der Waals surface area contributed by atoms with E-state index >= 15 is 0 Å². The van der Waals surface area contributed by atoms with Gasteiger partial charge in [0.05, 0.1) is 6.04 Å². The van der Waals surface area contributed by atoms with Gasteiger partial charge in [-0.2, -0.15) is 0 Å². The Hall–Kier alpha value is -1.97. The summed E-state index contributed by atoms with van der Waals surface area (Å²) in [6.45, 7) is 2.88. The van der Waals surface area contributed by atoms with Crippen molar-refractivity contribution in [3.8, 4) is 0 Å². The van der Waals surface area contributed by atoms with Gasteiger partial charge in [0.2, 0.25) is 0 Å². The Morgan fingerprint density at radius 2 is 1.86 bits per heavy atom. The average Bonchev–Trinajstić information content (AvgIpc) is 3.03. The summed E-state index contributed by atoms with van der Waals surface area (Å²) in [6.07, 6.45) is 0. The molecule has 22 heavy (non-hydrogen) atoms. The molecule has 3 rings (SSSR count). The van der Waals surface area contributed by atoms with Crippen molar-refractivity contribution in [3.63, 3.8) is 0 Å². The average molecular weight is 311 g/mol. The maximum Gasteiger partial charge on any atom is 0.123 e. The van der Waals surface area contributed by atoms with Crippen molar-refractivity contribution < 1.29 is 4.39 Å². The van der Waals surface area contributed by atoms with Crippen LogP contribution in [0.5, 0.6) is 0 Å². The second kappa shape index (κ2) is 6.86. The highest BCUT2D eigenvalue weighted by Gasteiger charge is 2.14. The van der Waals surface area contributed by atoms with E-state index in [-0.39, 0.29) is 11.9 Å². The molecule has 0 aliphatic carbocycles. The van der Waals surface area contributed by atoms with Gasteiger partial charge >= 0.3 is 0 Å². The topological polar surface area (TPSA) is 12.0 Å². The van der Waals surface area contributed by atoms with E-state index in [1.807, 2.05) is 18.2 Å². The SMILES string of the molecule is Cc1cccc(CNC(c2ccc(F)cc2)c2cccs2)c1. The van der Waals surface area contributed by atoms with Gasteiger partial charge in [0, 0.05) is 11.4 Å². The van der Waals surface area contributed by atoms with Crippen molar-refractivity contribution in [3.05, 3.63) is 93.4 Å². The van der Waals surface area contributed by atoms with Crippen molar-refractivity contribution in [2.45, 2.75) is 19.5 Å². The lowest BCUT2D eigenvalue weighted by Gasteiger charge is -2.18. The van der Waals surface area contributed by atoms with E-state index in [9.17, 15) is 4.39 Å². The molecule has 1 unspecified atom stereocenters. The molecule has 1 atom stereocenters. The zero-order valence-corrected chi connectivity index (χ0v) is 13.2. The Labute approximate surface area is 134 Å². The lowest BCUT2D eigenvalue weighted by atomic mass is 10.0. The van der Waals surface area contributed by atoms with Crippen LogP contribution >= 0.6 is 11.3 Å².